The molecule has 0 aliphatic carbocycles. The van der Waals surface area contributed by atoms with Crippen LogP contribution in [0, 0.1) is 0 Å². The van der Waals surface area contributed by atoms with Crippen LogP contribution in [0.25, 0.3) is 0 Å². The van der Waals surface area contributed by atoms with E-state index in [2.05, 4.69) is 0 Å². The summed E-state index contributed by atoms with van der Waals surface area (Å²) in [6.45, 7) is -1.64. The molecule has 0 saturated heterocycles. The van der Waals surface area contributed by atoms with Crippen LogP contribution in [0.2, 0.25) is 0 Å². The van der Waals surface area contributed by atoms with Crippen LogP contribution >= 0.6 is 0 Å². The Balaban J connectivity index is 4.36. The van der Waals surface area contributed by atoms with E-state index in [0.717, 1.165) is 6.92 Å². The minimum absolute atomic E-state index is 0.636. The minimum Gasteiger partial charge on any atom is -0.382 e. The van der Waals surface area contributed by atoms with E-state index in [-0.39, 0.29) is 0 Å². The molecule has 0 unspecified atom stereocenters. The molecule has 0 rings (SSSR count). The van der Waals surface area contributed by atoms with Gasteiger partial charge in [0.05, 0.1) is 6.04 Å². The van der Waals surface area contributed by atoms with Crippen LogP contribution in [-0.2, 0) is 4.79 Å². The molecule has 0 radical (unpaired) electrons. The van der Waals surface area contributed by atoms with Crippen LogP contribution < -0.4 is 5.73 Å². The summed E-state index contributed by atoms with van der Waals surface area (Å²) in [5.74, 6) is -0.636. The van der Waals surface area contributed by atoms with Crippen LogP contribution in [0.5, 0.6) is 0 Å². The lowest BCUT2D eigenvalue weighted by molar-refractivity contribution is -0.126. The van der Waals surface area contributed by atoms with Gasteiger partial charge in [-0.2, -0.15) is 0 Å². The predicted octanol–water partition coefficient (Wildman–Crippen LogP) is -0.427. The second-order valence-corrected chi connectivity index (χ2v) is 2.46. The Kier molecular flexibility index (Phi) is 3.54. The van der Waals surface area contributed by atoms with Crippen LogP contribution in [0.4, 0.5) is 8.78 Å². The number of ketones is 1. The van der Waals surface area contributed by atoms with Gasteiger partial charge in [-0.3, -0.25) is 4.79 Å². The van der Waals surface area contributed by atoms with Gasteiger partial charge in [-0.25, -0.2) is 8.78 Å². The Morgan fingerprint density at radius 3 is 2.09 bits per heavy atom. The molecule has 0 aliphatic heterocycles. The molecule has 0 aromatic rings. The summed E-state index contributed by atoms with van der Waals surface area (Å²) in [6.07, 6.45) is 0. The highest BCUT2D eigenvalue weighted by Crippen LogP contribution is 2.11. The van der Waals surface area contributed by atoms with Crippen molar-refractivity contribution in [3.8, 4) is 0 Å². The Morgan fingerprint density at radius 1 is 1.64 bits per heavy atom. The van der Waals surface area contributed by atoms with E-state index in [1.807, 2.05) is 0 Å². The Labute approximate surface area is 63.2 Å². The van der Waals surface area contributed by atoms with E-state index in [4.69, 9.17) is 10.8 Å². The number of hydrogen-bond acceptors (Lipinski definition) is 3. The van der Waals surface area contributed by atoms with Crippen LogP contribution in [0.3, 0.4) is 0 Å². The molecule has 0 saturated carbocycles. The molecular weight excluding hydrogens is 156 g/mol. The molecule has 66 valence electrons. The van der Waals surface area contributed by atoms with E-state index in [9.17, 15) is 13.6 Å². The van der Waals surface area contributed by atoms with E-state index < -0.39 is 30.8 Å². The van der Waals surface area contributed by atoms with E-state index in [0.29, 0.717) is 0 Å². The number of alkyl halides is 2. The first-order valence-electron chi connectivity index (χ1n) is 3.08. The van der Waals surface area contributed by atoms with Crippen molar-refractivity contribution >= 4 is 5.78 Å². The normalized spacial score (nSPS) is 14.6. The molecule has 3 nitrogen and oxygen atoms in total. The maximum atomic E-state index is 11.9. The van der Waals surface area contributed by atoms with Crippen molar-refractivity contribution in [3.63, 3.8) is 0 Å². The predicted molar refractivity (Wildman–Crippen MR) is 35.6 cm³/mol. The van der Waals surface area contributed by atoms with Crippen molar-refractivity contribution in [2.75, 3.05) is 13.3 Å². The van der Waals surface area contributed by atoms with Gasteiger partial charge in [0.15, 0.2) is 0 Å². The van der Waals surface area contributed by atoms with Gasteiger partial charge >= 0.3 is 0 Å². The van der Waals surface area contributed by atoms with Crippen LogP contribution in [0.1, 0.15) is 6.92 Å². The number of carbonyl (C=O) groups is 1. The van der Waals surface area contributed by atoms with Crippen molar-refractivity contribution in [1.82, 2.24) is 0 Å². The first kappa shape index (κ1) is 10.4. The van der Waals surface area contributed by atoms with Crippen molar-refractivity contribution in [1.29, 1.82) is 0 Å². The van der Waals surface area contributed by atoms with Gasteiger partial charge in [-0.15, -0.1) is 0 Å². The lowest BCUT2D eigenvalue weighted by atomic mass is 9.95. The molecule has 0 amide bonds. The summed E-state index contributed by atoms with van der Waals surface area (Å²) in [4.78, 5) is 10.5. The summed E-state index contributed by atoms with van der Waals surface area (Å²) >= 11 is 0. The number of halogens is 2. The fourth-order valence-corrected chi connectivity index (χ4v) is 0.580. The van der Waals surface area contributed by atoms with Crippen LogP contribution in [0.15, 0.2) is 0 Å². The number of aliphatic hydroxyl groups is 1. The summed E-state index contributed by atoms with van der Waals surface area (Å²) in [6, 6.07) is -1.49. The lowest BCUT2D eigenvalue weighted by Gasteiger charge is -2.25. The molecule has 0 aromatic heterocycles. The second kappa shape index (κ2) is 3.73. The first-order valence-corrected chi connectivity index (χ1v) is 3.08. The Hall–Kier alpha value is -0.550. The largest absolute Gasteiger partial charge is 0.382 e. The van der Waals surface area contributed by atoms with Gasteiger partial charge in [-0.1, -0.05) is 0 Å². The third-order valence-electron chi connectivity index (χ3n) is 1.48. The molecule has 0 aliphatic rings. The molecule has 0 fully saturated rings. The van der Waals surface area contributed by atoms with Crippen molar-refractivity contribution in [3.05, 3.63) is 0 Å². The highest BCUT2D eigenvalue weighted by Gasteiger charge is 2.37. The Bertz CT molecular complexity index is 148. The molecule has 0 heterocycles. The molecule has 1 atom stereocenters. The Morgan fingerprint density at radius 2 is 2.00 bits per heavy atom. The average molecular weight is 167 g/mol. The van der Waals surface area contributed by atoms with Gasteiger partial charge in [0.1, 0.15) is 24.7 Å². The highest BCUT2D eigenvalue weighted by molar-refractivity contribution is 5.82. The standard InChI is InChI=1S/C6H11F2NO2/c1-4(10)5(9)6(11,2-7)3-8/h5,11H,2-3,9H2,1H3/t5-/m1/s1. The monoisotopic (exact) mass is 167 g/mol. The summed E-state index contributed by atoms with van der Waals surface area (Å²) in [5.41, 5.74) is 2.70. The molecule has 0 aromatic carbocycles. The third-order valence-corrected chi connectivity index (χ3v) is 1.48. The lowest BCUT2D eigenvalue weighted by Crippen LogP contribution is -2.55. The second-order valence-electron chi connectivity index (χ2n) is 2.46. The zero-order chi connectivity index (χ0) is 9.07. The van der Waals surface area contributed by atoms with Crippen molar-refractivity contribution < 1.29 is 18.7 Å². The summed E-state index contributed by atoms with van der Waals surface area (Å²) < 4.78 is 23.9. The number of hydrogen-bond donors (Lipinski definition) is 2. The smallest absolute Gasteiger partial charge is 0.149 e. The van der Waals surface area contributed by atoms with Gasteiger partial charge < -0.3 is 10.8 Å². The number of nitrogens with two attached hydrogens (primary N) is 1. The average Bonchev–Trinajstić information content (AvgIpc) is 2.01. The zero-order valence-electron chi connectivity index (χ0n) is 6.18. The summed E-state index contributed by atoms with van der Waals surface area (Å²) in [7, 11) is 0. The number of Topliss-reactive ketones (excluding diaryl/α,β-unsaturated/α-hetero) is 1. The van der Waals surface area contributed by atoms with Crippen molar-refractivity contribution in [2.45, 2.75) is 18.6 Å². The molecule has 3 N–H and O–H groups in total. The SMILES string of the molecule is CC(=O)[C@@H](N)C(O)(CF)CF. The quantitative estimate of drug-likeness (QED) is 0.597. The molecule has 0 bridgehead atoms. The van der Waals surface area contributed by atoms with E-state index >= 15 is 0 Å². The fourth-order valence-electron chi connectivity index (χ4n) is 0.580. The molecule has 11 heavy (non-hydrogen) atoms. The van der Waals surface area contributed by atoms with Gasteiger partial charge in [0, 0.05) is 0 Å². The first-order chi connectivity index (χ1) is 4.98. The van der Waals surface area contributed by atoms with Crippen LogP contribution in [-0.4, -0.2) is 35.9 Å². The van der Waals surface area contributed by atoms with Gasteiger partial charge in [-0.05, 0) is 6.92 Å². The topological polar surface area (TPSA) is 63.3 Å². The fraction of sp³-hybridized carbons (Fsp3) is 0.833. The van der Waals surface area contributed by atoms with E-state index in [1.54, 1.807) is 0 Å². The number of rotatable bonds is 4. The molecular formula is C6H11F2NO2. The zero-order valence-corrected chi connectivity index (χ0v) is 6.18. The highest BCUT2D eigenvalue weighted by atomic mass is 19.1. The minimum atomic E-state index is -2.34. The maximum Gasteiger partial charge on any atom is 0.149 e. The molecule has 5 heteroatoms. The maximum absolute atomic E-state index is 11.9. The molecule has 0 spiro atoms. The third kappa shape index (κ3) is 2.20. The van der Waals surface area contributed by atoms with Gasteiger partial charge in [0.25, 0.3) is 0 Å². The summed E-state index contributed by atoms with van der Waals surface area (Å²) in [5, 5.41) is 8.97. The number of carbonyl (C=O) groups excluding carboxylic acids is 1. The van der Waals surface area contributed by atoms with E-state index in [1.165, 1.54) is 0 Å². The van der Waals surface area contributed by atoms with Gasteiger partial charge in [0.2, 0.25) is 0 Å². The van der Waals surface area contributed by atoms with Crippen molar-refractivity contribution in [2.24, 2.45) is 5.73 Å².